The quantitative estimate of drug-likeness (QED) is 0.703. The summed E-state index contributed by atoms with van der Waals surface area (Å²) in [6.45, 7) is 1.07. The number of sulfonamides is 1. The first-order valence-electron chi connectivity index (χ1n) is 9.70. The van der Waals surface area contributed by atoms with Gasteiger partial charge in [0, 0.05) is 25.2 Å². The minimum atomic E-state index is -3.57. The first kappa shape index (κ1) is 19.5. The summed E-state index contributed by atoms with van der Waals surface area (Å²) in [6, 6.07) is 18.5. The van der Waals surface area contributed by atoms with Crippen molar-refractivity contribution in [2.24, 2.45) is 5.92 Å². The van der Waals surface area contributed by atoms with Gasteiger partial charge in [0.05, 0.1) is 17.1 Å². The van der Waals surface area contributed by atoms with Crippen LogP contribution in [0.5, 0.6) is 0 Å². The van der Waals surface area contributed by atoms with E-state index < -0.39 is 10.0 Å². The van der Waals surface area contributed by atoms with E-state index in [1.807, 2.05) is 48.5 Å². The first-order valence-corrected chi connectivity index (χ1v) is 11.1. The molecule has 1 saturated heterocycles. The molecule has 1 aromatic heterocycles. The monoisotopic (exact) mass is 409 g/mol. The molecule has 1 aliphatic heterocycles. The molecule has 7 heteroatoms. The van der Waals surface area contributed by atoms with Crippen molar-refractivity contribution in [3.05, 3.63) is 72.6 Å². The van der Waals surface area contributed by atoms with E-state index in [9.17, 15) is 13.2 Å². The zero-order chi connectivity index (χ0) is 20.3. The Bertz CT molecular complexity index is 1110. The van der Waals surface area contributed by atoms with Crippen LogP contribution in [-0.2, 0) is 21.4 Å². The minimum Gasteiger partial charge on any atom is -0.350 e. The molecular formula is C22H23N3O3S. The van der Waals surface area contributed by atoms with E-state index >= 15 is 0 Å². The number of carbonyl (C=O) groups excluding carboxylic acids is 1. The maximum Gasteiger partial charge on any atom is 0.243 e. The number of amides is 1. The molecule has 1 aliphatic rings. The molecule has 0 atom stereocenters. The van der Waals surface area contributed by atoms with Gasteiger partial charge in [0.2, 0.25) is 15.9 Å². The van der Waals surface area contributed by atoms with Gasteiger partial charge in [-0.1, -0.05) is 36.4 Å². The van der Waals surface area contributed by atoms with E-state index in [0.29, 0.717) is 37.4 Å². The highest BCUT2D eigenvalue weighted by atomic mass is 32.2. The van der Waals surface area contributed by atoms with Crippen molar-refractivity contribution in [2.75, 3.05) is 13.1 Å². The summed E-state index contributed by atoms with van der Waals surface area (Å²) < 4.78 is 27.6. The van der Waals surface area contributed by atoms with Crippen molar-refractivity contribution in [3.8, 4) is 0 Å². The Morgan fingerprint density at radius 1 is 1.00 bits per heavy atom. The van der Waals surface area contributed by atoms with E-state index in [-0.39, 0.29) is 11.8 Å². The highest BCUT2D eigenvalue weighted by molar-refractivity contribution is 7.89. The zero-order valence-corrected chi connectivity index (χ0v) is 16.8. The molecule has 0 bridgehead atoms. The summed E-state index contributed by atoms with van der Waals surface area (Å²) in [5.74, 6) is -0.222. The summed E-state index contributed by atoms with van der Waals surface area (Å²) >= 11 is 0. The lowest BCUT2D eigenvalue weighted by molar-refractivity contribution is -0.126. The van der Waals surface area contributed by atoms with Crippen molar-refractivity contribution < 1.29 is 13.2 Å². The fraction of sp³-hybridized carbons (Fsp3) is 0.273. The van der Waals surface area contributed by atoms with Crippen LogP contribution in [0.15, 0.2) is 71.8 Å². The summed E-state index contributed by atoms with van der Waals surface area (Å²) in [7, 11) is -3.57. The second-order valence-corrected chi connectivity index (χ2v) is 9.16. The maximum absolute atomic E-state index is 13.0. The Kier molecular flexibility index (Phi) is 5.60. The van der Waals surface area contributed by atoms with E-state index in [2.05, 4.69) is 10.3 Å². The number of nitrogens with zero attached hydrogens (tertiary/aromatic N) is 2. The molecule has 4 rings (SSSR count). The lowest BCUT2D eigenvalue weighted by atomic mass is 9.97. The van der Waals surface area contributed by atoms with Gasteiger partial charge in [0.25, 0.3) is 0 Å². The number of fused-ring (bicyclic) bond motifs is 1. The van der Waals surface area contributed by atoms with Crippen LogP contribution in [0.4, 0.5) is 0 Å². The molecule has 150 valence electrons. The summed E-state index contributed by atoms with van der Waals surface area (Å²) in [4.78, 5) is 16.9. The molecule has 6 nitrogen and oxygen atoms in total. The molecule has 2 aromatic carbocycles. The molecule has 0 saturated carbocycles. The van der Waals surface area contributed by atoms with Crippen molar-refractivity contribution >= 4 is 26.7 Å². The maximum atomic E-state index is 13.0. The van der Waals surface area contributed by atoms with Gasteiger partial charge >= 0.3 is 0 Å². The van der Waals surface area contributed by atoms with Crippen LogP contribution in [0.25, 0.3) is 10.8 Å². The number of benzene rings is 2. The normalized spacial score (nSPS) is 16.0. The number of hydrogen-bond acceptors (Lipinski definition) is 4. The molecule has 0 spiro atoms. The number of pyridine rings is 1. The molecule has 2 heterocycles. The third kappa shape index (κ3) is 4.31. The van der Waals surface area contributed by atoms with E-state index in [0.717, 1.165) is 16.5 Å². The number of nitrogens with one attached hydrogen (secondary N) is 1. The predicted octanol–water partition coefficient (Wildman–Crippen LogP) is 2.95. The van der Waals surface area contributed by atoms with Gasteiger partial charge in [-0.05, 0) is 47.9 Å². The van der Waals surface area contributed by atoms with Gasteiger partial charge in [-0.2, -0.15) is 4.31 Å². The first-order chi connectivity index (χ1) is 14.0. The molecule has 29 heavy (non-hydrogen) atoms. The largest absolute Gasteiger partial charge is 0.350 e. The van der Waals surface area contributed by atoms with Gasteiger partial charge in [-0.25, -0.2) is 8.42 Å². The highest BCUT2D eigenvalue weighted by Crippen LogP contribution is 2.26. The Balaban J connectivity index is 1.38. The molecule has 1 fully saturated rings. The summed E-state index contributed by atoms with van der Waals surface area (Å²) in [6.07, 6.45) is 2.72. The van der Waals surface area contributed by atoms with E-state index in [1.165, 1.54) is 4.31 Å². The number of aromatic nitrogens is 1. The topological polar surface area (TPSA) is 79.4 Å². The van der Waals surface area contributed by atoms with Crippen LogP contribution in [0, 0.1) is 5.92 Å². The summed E-state index contributed by atoms with van der Waals surface area (Å²) in [5, 5.41) is 4.81. The average Bonchev–Trinajstić information content (AvgIpc) is 2.78. The van der Waals surface area contributed by atoms with Gasteiger partial charge in [0.1, 0.15) is 0 Å². The Morgan fingerprint density at radius 2 is 1.72 bits per heavy atom. The van der Waals surface area contributed by atoms with Gasteiger partial charge in [-0.15, -0.1) is 0 Å². The van der Waals surface area contributed by atoms with Gasteiger partial charge in [0.15, 0.2) is 0 Å². The zero-order valence-electron chi connectivity index (χ0n) is 16.0. The standard InChI is InChI=1S/C22H23N3O3S/c26-22(24-16-20-7-3-4-12-23-20)18-10-13-25(14-11-18)29(27,28)21-9-8-17-5-1-2-6-19(17)15-21/h1-9,12,15,18H,10-11,13-14,16H2,(H,24,26). The van der Waals surface area contributed by atoms with Crippen molar-refractivity contribution in [1.82, 2.24) is 14.6 Å². The van der Waals surface area contributed by atoms with E-state index in [4.69, 9.17) is 0 Å². The number of hydrogen-bond donors (Lipinski definition) is 1. The minimum absolute atomic E-state index is 0.0431. The lowest BCUT2D eigenvalue weighted by Gasteiger charge is -2.30. The second kappa shape index (κ2) is 8.31. The Hall–Kier alpha value is -2.77. The molecule has 1 amide bonds. The number of rotatable bonds is 5. The molecule has 3 aromatic rings. The number of piperidine rings is 1. The molecule has 0 aliphatic carbocycles. The Labute approximate surface area is 170 Å². The lowest BCUT2D eigenvalue weighted by Crippen LogP contribution is -2.42. The van der Waals surface area contributed by atoms with Crippen molar-refractivity contribution in [1.29, 1.82) is 0 Å². The SMILES string of the molecule is O=C(NCc1ccccn1)C1CCN(S(=O)(=O)c2ccc3ccccc3c2)CC1. The molecule has 0 radical (unpaired) electrons. The smallest absolute Gasteiger partial charge is 0.243 e. The van der Waals surface area contributed by atoms with Crippen LogP contribution in [0.3, 0.4) is 0 Å². The third-order valence-electron chi connectivity index (χ3n) is 5.35. The van der Waals surface area contributed by atoms with Crippen molar-refractivity contribution in [3.63, 3.8) is 0 Å². The Morgan fingerprint density at radius 3 is 2.45 bits per heavy atom. The van der Waals surface area contributed by atoms with E-state index in [1.54, 1.807) is 18.3 Å². The van der Waals surface area contributed by atoms with Crippen molar-refractivity contribution in [2.45, 2.75) is 24.3 Å². The molecule has 0 unspecified atom stereocenters. The summed E-state index contributed by atoms with van der Waals surface area (Å²) in [5.41, 5.74) is 0.803. The second-order valence-electron chi connectivity index (χ2n) is 7.23. The highest BCUT2D eigenvalue weighted by Gasteiger charge is 2.32. The third-order valence-corrected chi connectivity index (χ3v) is 7.25. The van der Waals surface area contributed by atoms with Gasteiger partial charge in [-0.3, -0.25) is 9.78 Å². The average molecular weight is 410 g/mol. The van der Waals surface area contributed by atoms with Crippen LogP contribution in [-0.4, -0.2) is 36.7 Å². The molecular weight excluding hydrogens is 386 g/mol. The van der Waals surface area contributed by atoms with Gasteiger partial charge < -0.3 is 5.32 Å². The number of carbonyl (C=O) groups is 1. The fourth-order valence-corrected chi connectivity index (χ4v) is 5.17. The fourth-order valence-electron chi connectivity index (χ4n) is 3.66. The van der Waals surface area contributed by atoms with Crippen LogP contribution >= 0.6 is 0 Å². The molecule has 1 N–H and O–H groups in total. The predicted molar refractivity (Wildman–Crippen MR) is 112 cm³/mol. The van der Waals surface area contributed by atoms with Crippen LogP contribution in [0.1, 0.15) is 18.5 Å². The van der Waals surface area contributed by atoms with Crippen LogP contribution in [0.2, 0.25) is 0 Å². The van der Waals surface area contributed by atoms with Crippen LogP contribution < -0.4 is 5.32 Å².